The molecule has 1 aromatic carbocycles. The molecule has 1 aliphatic carbocycles. The molecular weight excluding hydrogens is 372 g/mol. The standard InChI is InChI=1S/C17H15BrN4O2/c18-13-7-3-11(4-8-13)10-19-17-20-15(14-2-1-9-24-14)21-22(17)16(23)12-5-6-12/h1-4,7-9,12H,5-6,10H2,(H,19,20,21). The molecule has 2 heterocycles. The average Bonchev–Trinajstić information content (AvgIpc) is 3.13. The number of aromatic nitrogens is 3. The highest BCUT2D eigenvalue weighted by Crippen LogP contribution is 2.32. The molecule has 122 valence electrons. The summed E-state index contributed by atoms with van der Waals surface area (Å²) < 4.78 is 7.73. The number of halogens is 1. The Hall–Kier alpha value is -2.41. The predicted molar refractivity (Wildman–Crippen MR) is 92.5 cm³/mol. The molecule has 0 amide bonds. The summed E-state index contributed by atoms with van der Waals surface area (Å²) in [7, 11) is 0. The molecule has 0 atom stereocenters. The molecule has 0 saturated heterocycles. The predicted octanol–water partition coefficient (Wildman–Crippen LogP) is 3.96. The number of rotatable bonds is 5. The highest BCUT2D eigenvalue weighted by molar-refractivity contribution is 9.10. The molecule has 24 heavy (non-hydrogen) atoms. The van der Waals surface area contributed by atoms with Crippen LogP contribution in [0.15, 0.2) is 51.6 Å². The van der Waals surface area contributed by atoms with Crippen molar-refractivity contribution in [3.8, 4) is 11.6 Å². The highest BCUT2D eigenvalue weighted by Gasteiger charge is 2.33. The van der Waals surface area contributed by atoms with Gasteiger partial charge in [0, 0.05) is 16.9 Å². The number of carbonyl (C=O) groups is 1. The molecule has 0 bridgehead atoms. The SMILES string of the molecule is O=C(C1CC1)n1nc(-c2ccco2)nc1NCc1ccc(Br)cc1. The van der Waals surface area contributed by atoms with Crippen LogP contribution in [0, 0.1) is 5.92 Å². The third-order valence-electron chi connectivity index (χ3n) is 3.85. The van der Waals surface area contributed by atoms with Crippen molar-refractivity contribution >= 4 is 27.8 Å². The van der Waals surface area contributed by atoms with Gasteiger partial charge in [-0.3, -0.25) is 4.79 Å². The minimum atomic E-state index is -0.0152. The van der Waals surface area contributed by atoms with Crippen LogP contribution in [0.4, 0.5) is 5.95 Å². The van der Waals surface area contributed by atoms with Crippen LogP contribution in [0.1, 0.15) is 23.2 Å². The van der Waals surface area contributed by atoms with Gasteiger partial charge in [0.05, 0.1) is 6.26 Å². The molecule has 1 aliphatic rings. The third kappa shape index (κ3) is 3.12. The van der Waals surface area contributed by atoms with Crippen LogP contribution >= 0.6 is 15.9 Å². The Morgan fingerprint density at radius 1 is 1.29 bits per heavy atom. The van der Waals surface area contributed by atoms with Crippen LogP contribution in [-0.2, 0) is 6.54 Å². The van der Waals surface area contributed by atoms with Gasteiger partial charge in [0.15, 0.2) is 5.76 Å². The number of furan rings is 1. The first-order valence-corrected chi connectivity index (χ1v) is 8.53. The fourth-order valence-corrected chi connectivity index (χ4v) is 2.64. The Morgan fingerprint density at radius 3 is 2.75 bits per heavy atom. The zero-order valence-electron chi connectivity index (χ0n) is 12.8. The molecule has 2 aromatic heterocycles. The summed E-state index contributed by atoms with van der Waals surface area (Å²) in [5, 5.41) is 7.54. The maximum absolute atomic E-state index is 12.5. The smallest absolute Gasteiger partial charge is 0.253 e. The number of hydrogen-bond donors (Lipinski definition) is 1. The van der Waals surface area contributed by atoms with Crippen molar-refractivity contribution in [1.82, 2.24) is 14.8 Å². The van der Waals surface area contributed by atoms with Crippen molar-refractivity contribution in [2.24, 2.45) is 5.92 Å². The summed E-state index contributed by atoms with van der Waals surface area (Å²) >= 11 is 3.42. The minimum absolute atomic E-state index is 0.0152. The summed E-state index contributed by atoms with van der Waals surface area (Å²) in [6.45, 7) is 0.557. The molecule has 4 rings (SSSR count). The first-order valence-electron chi connectivity index (χ1n) is 7.74. The quantitative estimate of drug-likeness (QED) is 0.718. The van der Waals surface area contributed by atoms with Crippen LogP contribution in [0.2, 0.25) is 0 Å². The van der Waals surface area contributed by atoms with Crippen LogP contribution in [-0.4, -0.2) is 20.7 Å². The van der Waals surface area contributed by atoms with Gasteiger partial charge in [-0.15, -0.1) is 5.10 Å². The van der Waals surface area contributed by atoms with Crippen LogP contribution in [0.25, 0.3) is 11.6 Å². The molecule has 3 aromatic rings. The molecule has 0 spiro atoms. The normalized spacial score (nSPS) is 13.9. The zero-order chi connectivity index (χ0) is 16.5. The van der Waals surface area contributed by atoms with E-state index in [4.69, 9.17) is 4.42 Å². The second kappa shape index (κ2) is 6.24. The van der Waals surface area contributed by atoms with E-state index in [1.54, 1.807) is 18.4 Å². The molecule has 0 radical (unpaired) electrons. The highest BCUT2D eigenvalue weighted by atomic mass is 79.9. The van der Waals surface area contributed by atoms with E-state index in [1.807, 2.05) is 24.3 Å². The molecule has 1 fully saturated rings. The summed E-state index contributed by atoms with van der Waals surface area (Å²) in [4.78, 5) is 16.9. The van der Waals surface area contributed by atoms with Crippen molar-refractivity contribution in [3.63, 3.8) is 0 Å². The molecule has 0 aliphatic heterocycles. The molecule has 1 saturated carbocycles. The summed E-state index contributed by atoms with van der Waals surface area (Å²) in [6.07, 6.45) is 3.40. The number of carbonyl (C=O) groups excluding carboxylic acids is 1. The van der Waals surface area contributed by atoms with Gasteiger partial charge in [0.25, 0.3) is 5.91 Å². The van der Waals surface area contributed by atoms with Gasteiger partial charge in [-0.2, -0.15) is 9.67 Å². The van der Waals surface area contributed by atoms with Crippen molar-refractivity contribution in [3.05, 3.63) is 52.7 Å². The molecule has 7 heteroatoms. The van der Waals surface area contributed by atoms with E-state index in [1.165, 1.54) is 4.68 Å². The maximum atomic E-state index is 12.5. The Bertz CT molecular complexity index is 851. The lowest BCUT2D eigenvalue weighted by Gasteiger charge is -2.06. The van der Waals surface area contributed by atoms with Crippen LogP contribution < -0.4 is 5.32 Å². The van der Waals surface area contributed by atoms with Gasteiger partial charge in [0.2, 0.25) is 11.8 Å². The van der Waals surface area contributed by atoms with E-state index < -0.39 is 0 Å². The maximum Gasteiger partial charge on any atom is 0.253 e. The minimum Gasteiger partial charge on any atom is -0.461 e. The first-order chi connectivity index (χ1) is 11.7. The monoisotopic (exact) mass is 386 g/mol. The number of anilines is 1. The molecule has 1 N–H and O–H groups in total. The molecule has 0 unspecified atom stereocenters. The number of hydrogen-bond acceptors (Lipinski definition) is 5. The lowest BCUT2D eigenvalue weighted by molar-refractivity contribution is 0.0872. The topological polar surface area (TPSA) is 73.0 Å². The Labute approximate surface area is 147 Å². The van der Waals surface area contributed by atoms with E-state index in [0.717, 1.165) is 22.9 Å². The van der Waals surface area contributed by atoms with Gasteiger partial charge in [-0.05, 0) is 42.7 Å². The van der Waals surface area contributed by atoms with Gasteiger partial charge >= 0.3 is 0 Å². The lowest BCUT2D eigenvalue weighted by Crippen LogP contribution is -2.18. The Balaban J connectivity index is 1.60. The Morgan fingerprint density at radius 2 is 2.08 bits per heavy atom. The van der Waals surface area contributed by atoms with Crippen LogP contribution in [0.3, 0.4) is 0 Å². The summed E-state index contributed by atoms with van der Waals surface area (Å²) in [6, 6.07) is 11.5. The van der Waals surface area contributed by atoms with E-state index in [9.17, 15) is 4.79 Å². The van der Waals surface area contributed by atoms with E-state index in [-0.39, 0.29) is 11.8 Å². The summed E-state index contributed by atoms with van der Waals surface area (Å²) in [5.74, 6) is 1.44. The zero-order valence-corrected chi connectivity index (χ0v) is 14.4. The van der Waals surface area contributed by atoms with E-state index >= 15 is 0 Å². The second-order valence-corrected chi connectivity index (χ2v) is 6.66. The summed E-state index contributed by atoms with van der Waals surface area (Å²) in [5.41, 5.74) is 1.09. The first kappa shape index (κ1) is 15.1. The largest absolute Gasteiger partial charge is 0.461 e. The van der Waals surface area contributed by atoms with E-state index in [0.29, 0.717) is 24.1 Å². The van der Waals surface area contributed by atoms with Crippen molar-refractivity contribution in [1.29, 1.82) is 0 Å². The molecule has 6 nitrogen and oxygen atoms in total. The van der Waals surface area contributed by atoms with Crippen molar-refractivity contribution in [2.75, 3.05) is 5.32 Å². The van der Waals surface area contributed by atoms with Crippen molar-refractivity contribution < 1.29 is 9.21 Å². The number of nitrogens with zero attached hydrogens (tertiary/aromatic N) is 3. The lowest BCUT2D eigenvalue weighted by atomic mass is 10.2. The van der Waals surface area contributed by atoms with Crippen LogP contribution in [0.5, 0.6) is 0 Å². The van der Waals surface area contributed by atoms with Gasteiger partial charge in [-0.1, -0.05) is 28.1 Å². The van der Waals surface area contributed by atoms with Gasteiger partial charge < -0.3 is 9.73 Å². The number of nitrogens with one attached hydrogen (secondary N) is 1. The number of benzene rings is 1. The van der Waals surface area contributed by atoms with Gasteiger partial charge in [0.1, 0.15) is 0 Å². The van der Waals surface area contributed by atoms with E-state index in [2.05, 4.69) is 31.3 Å². The third-order valence-corrected chi connectivity index (χ3v) is 4.38. The second-order valence-electron chi connectivity index (χ2n) is 5.74. The Kier molecular flexibility index (Phi) is 3.93. The average molecular weight is 387 g/mol. The fourth-order valence-electron chi connectivity index (χ4n) is 2.38. The fraction of sp³-hybridized carbons (Fsp3) is 0.235. The van der Waals surface area contributed by atoms with Crippen molar-refractivity contribution in [2.45, 2.75) is 19.4 Å². The van der Waals surface area contributed by atoms with Gasteiger partial charge in [-0.25, -0.2) is 0 Å². The molecular formula is C17H15BrN4O2.